The molecule has 1 N–H and O–H groups in total. The number of nitrogens with zero attached hydrogens (tertiary/aromatic N) is 1. The molecule has 3 nitrogen and oxygen atoms in total. The van der Waals surface area contributed by atoms with Crippen molar-refractivity contribution in [2.45, 2.75) is 6.61 Å². The smallest absolute Gasteiger partial charge is 0.152 e. The molecule has 0 unspecified atom stereocenters. The zero-order valence-electron chi connectivity index (χ0n) is 7.17. The van der Waals surface area contributed by atoms with Crippen LogP contribution in [0.2, 0.25) is 5.02 Å². The molecule has 0 saturated heterocycles. The number of rotatable bonds is 0. The van der Waals surface area contributed by atoms with E-state index in [9.17, 15) is 0 Å². The number of benzene rings is 1. The lowest BCUT2D eigenvalue weighted by Crippen LogP contribution is -2.30. The summed E-state index contributed by atoms with van der Waals surface area (Å²) in [6, 6.07) is 5.68. The van der Waals surface area contributed by atoms with Crippen LogP contribution in [0.1, 0.15) is 11.1 Å². The van der Waals surface area contributed by atoms with Crippen molar-refractivity contribution < 1.29 is 4.84 Å². The first-order valence-electron chi connectivity index (χ1n) is 3.94. The summed E-state index contributed by atoms with van der Waals surface area (Å²) in [6.07, 6.45) is 0. The Morgan fingerprint density at radius 2 is 2.38 bits per heavy atom. The quantitative estimate of drug-likeness (QED) is 0.686. The van der Waals surface area contributed by atoms with E-state index in [1.165, 1.54) is 0 Å². The Morgan fingerprint density at radius 3 is 3.15 bits per heavy atom. The number of nitrogens with one attached hydrogen (secondary N) is 1. The highest BCUT2D eigenvalue weighted by atomic mass is 35.5. The molecule has 0 spiro atoms. The maximum absolute atomic E-state index is 5.88. The van der Waals surface area contributed by atoms with Gasteiger partial charge in [-0.05, 0) is 17.7 Å². The Morgan fingerprint density at radius 1 is 1.54 bits per heavy atom. The van der Waals surface area contributed by atoms with Gasteiger partial charge in [0.05, 0.1) is 0 Å². The van der Waals surface area contributed by atoms with Gasteiger partial charge < -0.3 is 0 Å². The van der Waals surface area contributed by atoms with E-state index in [-0.39, 0.29) is 0 Å². The number of hydrogen-bond acceptors (Lipinski definition) is 2. The summed E-state index contributed by atoms with van der Waals surface area (Å²) >= 11 is 5.88. The van der Waals surface area contributed by atoms with Crippen LogP contribution in [0.25, 0.3) is 0 Å². The van der Waals surface area contributed by atoms with Crippen LogP contribution in [0.15, 0.2) is 23.2 Å². The lowest BCUT2D eigenvalue weighted by Gasteiger charge is -2.19. The fraction of sp³-hybridized carbons (Fsp3) is 0.222. The van der Waals surface area contributed by atoms with E-state index >= 15 is 0 Å². The standard InChI is InChI=1S/C9H9ClN2O/c1-11-9-8-4-7(10)3-2-6(8)5-13-12-9/h2-4H,5H2,1H3,(H,11,12). The molecule has 4 heteroatoms. The minimum Gasteiger partial charge on any atom is -0.270 e. The lowest BCUT2D eigenvalue weighted by molar-refractivity contribution is 0.0651. The molecule has 0 atom stereocenters. The van der Waals surface area contributed by atoms with Crippen LogP contribution in [-0.2, 0) is 11.4 Å². The monoisotopic (exact) mass is 196 g/mol. The molecular formula is C9H9ClN2O. The first-order valence-corrected chi connectivity index (χ1v) is 4.32. The molecule has 13 heavy (non-hydrogen) atoms. The zero-order chi connectivity index (χ0) is 9.26. The Balaban J connectivity index is 2.54. The molecule has 1 aliphatic heterocycles. The summed E-state index contributed by atoms with van der Waals surface area (Å²) < 4.78 is 0. The van der Waals surface area contributed by atoms with Crippen LogP contribution < -0.4 is 5.48 Å². The molecule has 0 aliphatic carbocycles. The average Bonchev–Trinajstić information content (AvgIpc) is 2.17. The number of fused-ring (bicyclic) bond motifs is 1. The van der Waals surface area contributed by atoms with E-state index < -0.39 is 0 Å². The largest absolute Gasteiger partial charge is 0.270 e. The molecule has 0 saturated carbocycles. The fourth-order valence-electron chi connectivity index (χ4n) is 1.30. The van der Waals surface area contributed by atoms with Gasteiger partial charge in [-0.2, -0.15) is 0 Å². The van der Waals surface area contributed by atoms with E-state index in [0.29, 0.717) is 11.6 Å². The predicted molar refractivity (Wildman–Crippen MR) is 51.8 cm³/mol. The third-order valence-electron chi connectivity index (χ3n) is 1.95. The van der Waals surface area contributed by atoms with Crippen molar-refractivity contribution >= 4 is 17.4 Å². The summed E-state index contributed by atoms with van der Waals surface area (Å²) in [4.78, 5) is 9.17. The van der Waals surface area contributed by atoms with Crippen molar-refractivity contribution in [1.29, 1.82) is 0 Å². The van der Waals surface area contributed by atoms with Gasteiger partial charge in [0.25, 0.3) is 0 Å². The molecule has 68 valence electrons. The molecule has 0 fully saturated rings. The van der Waals surface area contributed by atoms with Gasteiger partial charge in [-0.1, -0.05) is 17.7 Å². The SMILES string of the molecule is CN=C1NOCc2ccc(Cl)cc21. The van der Waals surface area contributed by atoms with Crippen LogP contribution >= 0.6 is 11.6 Å². The van der Waals surface area contributed by atoms with Crippen LogP contribution in [0.5, 0.6) is 0 Å². The first kappa shape index (κ1) is 8.53. The van der Waals surface area contributed by atoms with Crippen molar-refractivity contribution in [2.24, 2.45) is 4.99 Å². The number of hydroxylamine groups is 1. The van der Waals surface area contributed by atoms with Gasteiger partial charge in [-0.3, -0.25) is 9.83 Å². The third-order valence-corrected chi connectivity index (χ3v) is 2.18. The number of halogens is 1. The van der Waals surface area contributed by atoms with Crippen LogP contribution in [-0.4, -0.2) is 12.9 Å². The van der Waals surface area contributed by atoms with Gasteiger partial charge >= 0.3 is 0 Å². The third kappa shape index (κ3) is 1.53. The second-order valence-corrected chi connectivity index (χ2v) is 3.20. The van der Waals surface area contributed by atoms with Gasteiger partial charge in [0.2, 0.25) is 0 Å². The predicted octanol–water partition coefficient (Wildman–Crippen LogP) is 1.75. The second kappa shape index (κ2) is 3.36. The molecule has 0 amide bonds. The summed E-state index contributed by atoms with van der Waals surface area (Å²) in [5, 5.41) is 0.712. The van der Waals surface area contributed by atoms with Crippen LogP contribution in [0.3, 0.4) is 0 Å². The Bertz CT molecular complexity index is 363. The van der Waals surface area contributed by atoms with E-state index in [1.807, 2.05) is 18.2 Å². The van der Waals surface area contributed by atoms with Gasteiger partial charge in [0.1, 0.15) is 6.61 Å². The Kier molecular flexibility index (Phi) is 2.20. The zero-order valence-corrected chi connectivity index (χ0v) is 7.93. The molecule has 1 aromatic carbocycles. The Labute approximate surface area is 81.3 Å². The van der Waals surface area contributed by atoms with Gasteiger partial charge in [0, 0.05) is 17.6 Å². The summed E-state index contributed by atoms with van der Waals surface area (Å²) in [7, 11) is 1.71. The molecule has 1 aliphatic rings. The molecule has 1 aromatic rings. The lowest BCUT2D eigenvalue weighted by atomic mass is 10.1. The molecule has 1 heterocycles. The van der Waals surface area contributed by atoms with Crippen LogP contribution in [0.4, 0.5) is 0 Å². The first-order chi connectivity index (χ1) is 6.31. The minimum atomic E-state index is 0.547. The van der Waals surface area contributed by atoms with E-state index in [0.717, 1.165) is 17.0 Å². The van der Waals surface area contributed by atoms with E-state index in [2.05, 4.69) is 10.5 Å². The van der Waals surface area contributed by atoms with Gasteiger partial charge in [-0.25, -0.2) is 5.48 Å². The van der Waals surface area contributed by atoms with E-state index in [4.69, 9.17) is 16.4 Å². The molecule has 0 aromatic heterocycles. The topological polar surface area (TPSA) is 33.6 Å². The van der Waals surface area contributed by atoms with Crippen molar-refractivity contribution in [3.63, 3.8) is 0 Å². The Hall–Kier alpha value is -1.06. The highest BCUT2D eigenvalue weighted by molar-refractivity contribution is 6.31. The van der Waals surface area contributed by atoms with Crippen molar-refractivity contribution in [2.75, 3.05) is 7.05 Å². The average molecular weight is 197 g/mol. The summed E-state index contributed by atoms with van der Waals surface area (Å²) in [5.74, 6) is 0.726. The van der Waals surface area contributed by atoms with Crippen molar-refractivity contribution in [3.05, 3.63) is 34.3 Å². The minimum absolute atomic E-state index is 0.547. The van der Waals surface area contributed by atoms with Crippen LogP contribution in [0, 0.1) is 0 Å². The highest BCUT2D eigenvalue weighted by Crippen LogP contribution is 2.19. The van der Waals surface area contributed by atoms with Crippen molar-refractivity contribution in [3.8, 4) is 0 Å². The normalized spacial score (nSPS) is 18.2. The molecule has 2 rings (SSSR count). The van der Waals surface area contributed by atoms with E-state index in [1.54, 1.807) is 7.05 Å². The van der Waals surface area contributed by atoms with Crippen molar-refractivity contribution in [1.82, 2.24) is 5.48 Å². The number of aliphatic imine (C=N–C) groups is 1. The van der Waals surface area contributed by atoms with Gasteiger partial charge in [0.15, 0.2) is 5.84 Å². The summed E-state index contributed by atoms with van der Waals surface area (Å²) in [5.41, 5.74) is 4.86. The fourth-order valence-corrected chi connectivity index (χ4v) is 1.47. The molecular weight excluding hydrogens is 188 g/mol. The maximum Gasteiger partial charge on any atom is 0.152 e. The number of hydrogen-bond donors (Lipinski definition) is 1. The molecule has 0 bridgehead atoms. The number of amidine groups is 1. The maximum atomic E-state index is 5.88. The highest BCUT2D eigenvalue weighted by Gasteiger charge is 2.14. The second-order valence-electron chi connectivity index (χ2n) is 2.76. The molecule has 0 radical (unpaired) electrons. The summed E-state index contributed by atoms with van der Waals surface area (Å²) in [6.45, 7) is 0.547. The van der Waals surface area contributed by atoms with Gasteiger partial charge in [-0.15, -0.1) is 0 Å².